The van der Waals surface area contributed by atoms with Crippen molar-refractivity contribution in [3.05, 3.63) is 41.6 Å². The SMILES string of the molecule is CSc1ccccc1-c1cc(Cl)cnc1N. The van der Waals surface area contributed by atoms with Crippen LogP contribution < -0.4 is 5.73 Å². The second-order valence-electron chi connectivity index (χ2n) is 3.29. The summed E-state index contributed by atoms with van der Waals surface area (Å²) in [5.41, 5.74) is 7.82. The maximum absolute atomic E-state index is 5.94. The Hall–Kier alpha value is -1.19. The second-order valence-corrected chi connectivity index (χ2v) is 4.57. The molecule has 0 saturated heterocycles. The Balaban J connectivity index is 2.62. The van der Waals surface area contributed by atoms with Crippen LogP contribution in [0.2, 0.25) is 5.02 Å². The lowest BCUT2D eigenvalue weighted by Crippen LogP contribution is -1.94. The van der Waals surface area contributed by atoms with E-state index in [-0.39, 0.29) is 0 Å². The Morgan fingerprint density at radius 1 is 1.25 bits per heavy atom. The summed E-state index contributed by atoms with van der Waals surface area (Å²) in [6.07, 6.45) is 3.59. The summed E-state index contributed by atoms with van der Waals surface area (Å²) in [6, 6.07) is 9.91. The van der Waals surface area contributed by atoms with Crippen LogP contribution in [0.5, 0.6) is 0 Å². The number of hydrogen-bond acceptors (Lipinski definition) is 3. The van der Waals surface area contributed by atoms with Crippen molar-refractivity contribution in [2.75, 3.05) is 12.0 Å². The molecule has 0 radical (unpaired) electrons. The first kappa shape index (κ1) is 11.3. The van der Waals surface area contributed by atoms with Gasteiger partial charge in [-0.1, -0.05) is 29.8 Å². The number of thioether (sulfide) groups is 1. The van der Waals surface area contributed by atoms with Gasteiger partial charge in [-0.2, -0.15) is 0 Å². The molecule has 0 spiro atoms. The van der Waals surface area contributed by atoms with Crippen molar-refractivity contribution in [3.8, 4) is 11.1 Å². The van der Waals surface area contributed by atoms with E-state index in [1.807, 2.05) is 30.5 Å². The fourth-order valence-electron chi connectivity index (χ4n) is 1.53. The van der Waals surface area contributed by atoms with Gasteiger partial charge in [0, 0.05) is 16.7 Å². The first-order valence-electron chi connectivity index (χ1n) is 4.77. The molecule has 1 aromatic heterocycles. The Bertz CT molecular complexity index is 514. The highest BCUT2D eigenvalue weighted by Crippen LogP contribution is 2.33. The van der Waals surface area contributed by atoms with E-state index in [0.29, 0.717) is 10.8 Å². The standard InChI is InChI=1S/C12H11ClN2S/c1-16-11-5-3-2-4-9(11)10-6-8(13)7-15-12(10)14/h2-7H,1H3,(H2,14,15). The van der Waals surface area contributed by atoms with Gasteiger partial charge in [0.2, 0.25) is 0 Å². The first-order chi connectivity index (χ1) is 7.72. The van der Waals surface area contributed by atoms with Crippen LogP contribution >= 0.6 is 23.4 Å². The Labute approximate surface area is 104 Å². The topological polar surface area (TPSA) is 38.9 Å². The fraction of sp³-hybridized carbons (Fsp3) is 0.0833. The molecule has 82 valence electrons. The van der Waals surface area contributed by atoms with Crippen LogP contribution in [0.15, 0.2) is 41.4 Å². The van der Waals surface area contributed by atoms with E-state index in [1.54, 1.807) is 18.0 Å². The van der Waals surface area contributed by atoms with Crippen molar-refractivity contribution in [2.24, 2.45) is 0 Å². The molecule has 0 unspecified atom stereocenters. The molecule has 0 bridgehead atoms. The summed E-state index contributed by atoms with van der Waals surface area (Å²) in [7, 11) is 0. The third-order valence-electron chi connectivity index (χ3n) is 2.28. The number of hydrogen-bond donors (Lipinski definition) is 1. The molecule has 4 heteroatoms. The molecular weight excluding hydrogens is 240 g/mol. The summed E-state index contributed by atoms with van der Waals surface area (Å²) in [5.74, 6) is 0.505. The molecule has 0 aliphatic heterocycles. The highest BCUT2D eigenvalue weighted by Gasteiger charge is 2.08. The van der Waals surface area contributed by atoms with Gasteiger partial charge < -0.3 is 5.73 Å². The molecule has 0 aliphatic rings. The quantitative estimate of drug-likeness (QED) is 0.826. The lowest BCUT2D eigenvalue weighted by molar-refractivity contribution is 1.32. The number of pyridine rings is 1. The summed E-state index contributed by atoms with van der Waals surface area (Å²) in [5, 5.41) is 0.597. The molecular formula is C12H11ClN2S. The van der Waals surface area contributed by atoms with Crippen LogP contribution in [-0.4, -0.2) is 11.2 Å². The molecule has 0 atom stereocenters. The monoisotopic (exact) mass is 250 g/mol. The molecule has 0 saturated carbocycles. The number of halogens is 1. The van der Waals surface area contributed by atoms with E-state index in [1.165, 1.54) is 4.90 Å². The maximum Gasteiger partial charge on any atom is 0.131 e. The van der Waals surface area contributed by atoms with Gasteiger partial charge in [-0.15, -0.1) is 11.8 Å². The molecule has 0 amide bonds. The predicted octanol–water partition coefficient (Wildman–Crippen LogP) is 3.71. The molecule has 1 heterocycles. The minimum Gasteiger partial charge on any atom is -0.383 e. The first-order valence-corrected chi connectivity index (χ1v) is 6.37. The van der Waals surface area contributed by atoms with Crippen molar-refractivity contribution < 1.29 is 0 Å². The molecule has 2 nitrogen and oxygen atoms in total. The predicted molar refractivity (Wildman–Crippen MR) is 70.9 cm³/mol. The number of aromatic nitrogens is 1. The van der Waals surface area contributed by atoms with Gasteiger partial charge >= 0.3 is 0 Å². The van der Waals surface area contributed by atoms with Gasteiger partial charge in [0.05, 0.1) is 5.02 Å². The van der Waals surface area contributed by atoms with Crippen LogP contribution in [-0.2, 0) is 0 Å². The molecule has 16 heavy (non-hydrogen) atoms. The Morgan fingerprint density at radius 2 is 2.00 bits per heavy atom. The van der Waals surface area contributed by atoms with Crippen LogP contribution in [0.25, 0.3) is 11.1 Å². The van der Waals surface area contributed by atoms with E-state index < -0.39 is 0 Å². The van der Waals surface area contributed by atoms with E-state index in [4.69, 9.17) is 17.3 Å². The van der Waals surface area contributed by atoms with Crippen LogP contribution in [0.4, 0.5) is 5.82 Å². The average Bonchev–Trinajstić information content (AvgIpc) is 2.32. The van der Waals surface area contributed by atoms with Crippen molar-refractivity contribution in [2.45, 2.75) is 4.90 Å². The van der Waals surface area contributed by atoms with Gasteiger partial charge in [-0.25, -0.2) is 4.98 Å². The second kappa shape index (κ2) is 4.76. The maximum atomic E-state index is 5.94. The molecule has 1 aromatic carbocycles. The van der Waals surface area contributed by atoms with Gasteiger partial charge in [0.1, 0.15) is 5.82 Å². The molecule has 2 aromatic rings. The van der Waals surface area contributed by atoms with Gasteiger partial charge in [-0.05, 0) is 24.0 Å². The zero-order valence-electron chi connectivity index (χ0n) is 8.77. The average molecular weight is 251 g/mol. The summed E-state index contributed by atoms with van der Waals surface area (Å²) >= 11 is 7.62. The normalized spacial score (nSPS) is 10.4. The molecule has 2 N–H and O–H groups in total. The van der Waals surface area contributed by atoms with Crippen LogP contribution in [0.3, 0.4) is 0 Å². The van der Waals surface area contributed by atoms with Crippen molar-refractivity contribution in [1.82, 2.24) is 4.98 Å². The van der Waals surface area contributed by atoms with Gasteiger partial charge in [0.25, 0.3) is 0 Å². The Kier molecular flexibility index (Phi) is 3.36. The Morgan fingerprint density at radius 3 is 2.75 bits per heavy atom. The zero-order chi connectivity index (χ0) is 11.5. The van der Waals surface area contributed by atoms with Gasteiger partial charge in [0.15, 0.2) is 0 Å². The molecule has 2 rings (SSSR count). The van der Waals surface area contributed by atoms with Crippen molar-refractivity contribution >= 4 is 29.2 Å². The van der Waals surface area contributed by atoms with Gasteiger partial charge in [-0.3, -0.25) is 0 Å². The lowest BCUT2D eigenvalue weighted by Gasteiger charge is -2.09. The number of anilines is 1. The minimum atomic E-state index is 0.505. The molecule has 0 aliphatic carbocycles. The zero-order valence-corrected chi connectivity index (χ0v) is 10.3. The van der Waals surface area contributed by atoms with Crippen LogP contribution in [0.1, 0.15) is 0 Å². The number of rotatable bonds is 2. The summed E-state index contributed by atoms with van der Waals surface area (Å²) in [4.78, 5) is 5.23. The largest absolute Gasteiger partial charge is 0.383 e. The number of nitrogens with zero attached hydrogens (tertiary/aromatic N) is 1. The van der Waals surface area contributed by atoms with Crippen molar-refractivity contribution in [1.29, 1.82) is 0 Å². The summed E-state index contributed by atoms with van der Waals surface area (Å²) in [6.45, 7) is 0. The van der Waals surface area contributed by atoms with Crippen LogP contribution in [0, 0.1) is 0 Å². The number of nitrogens with two attached hydrogens (primary N) is 1. The van der Waals surface area contributed by atoms with Crippen molar-refractivity contribution in [3.63, 3.8) is 0 Å². The van der Waals surface area contributed by atoms with E-state index in [9.17, 15) is 0 Å². The smallest absolute Gasteiger partial charge is 0.131 e. The summed E-state index contributed by atoms with van der Waals surface area (Å²) < 4.78 is 0. The number of benzene rings is 1. The molecule has 0 fully saturated rings. The van der Waals surface area contributed by atoms with E-state index in [0.717, 1.165) is 11.1 Å². The third-order valence-corrected chi connectivity index (χ3v) is 3.28. The minimum absolute atomic E-state index is 0.505. The number of nitrogen functional groups attached to an aromatic ring is 1. The van der Waals surface area contributed by atoms with E-state index in [2.05, 4.69) is 11.1 Å². The highest BCUT2D eigenvalue weighted by molar-refractivity contribution is 7.98. The van der Waals surface area contributed by atoms with E-state index >= 15 is 0 Å². The third kappa shape index (κ3) is 2.15. The lowest BCUT2D eigenvalue weighted by atomic mass is 10.1. The highest BCUT2D eigenvalue weighted by atomic mass is 35.5. The fourth-order valence-corrected chi connectivity index (χ4v) is 2.30.